The fourth-order valence-electron chi connectivity index (χ4n) is 2.07. The Labute approximate surface area is 129 Å². The van der Waals surface area contributed by atoms with Gasteiger partial charge in [-0.25, -0.2) is 9.78 Å². The van der Waals surface area contributed by atoms with Crippen molar-refractivity contribution in [1.82, 2.24) is 4.98 Å². The Balaban J connectivity index is 2.17. The standard InChI is InChI=1S/C16H11NO4S/c18-10-6-7-11(12(19)8-10)15-17-13(16(20)21)14(22-15)9-4-2-1-3-5-9/h1-8,18-19H,(H,20,21). The van der Waals surface area contributed by atoms with E-state index < -0.39 is 5.97 Å². The summed E-state index contributed by atoms with van der Waals surface area (Å²) in [6, 6.07) is 13.2. The average molecular weight is 313 g/mol. The zero-order valence-electron chi connectivity index (χ0n) is 11.2. The molecule has 110 valence electrons. The lowest BCUT2D eigenvalue weighted by molar-refractivity contribution is 0.0692. The first kappa shape index (κ1) is 14.1. The van der Waals surface area contributed by atoms with Crippen molar-refractivity contribution in [2.24, 2.45) is 0 Å². The van der Waals surface area contributed by atoms with Crippen molar-refractivity contribution in [3.63, 3.8) is 0 Å². The highest BCUT2D eigenvalue weighted by Crippen LogP contribution is 2.39. The van der Waals surface area contributed by atoms with Crippen LogP contribution in [0.25, 0.3) is 21.0 Å². The quantitative estimate of drug-likeness (QED) is 0.687. The third kappa shape index (κ3) is 2.51. The summed E-state index contributed by atoms with van der Waals surface area (Å²) in [6.45, 7) is 0. The summed E-state index contributed by atoms with van der Waals surface area (Å²) in [7, 11) is 0. The van der Waals surface area contributed by atoms with Crippen LogP contribution in [0.15, 0.2) is 48.5 Å². The van der Waals surface area contributed by atoms with E-state index in [0.717, 1.165) is 5.56 Å². The molecule has 0 fully saturated rings. The molecule has 0 saturated carbocycles. The van der Waals surface area contributed by atoms with E-state index in [0.29, 0.717) is 15.4 Å². The van der Waals surface area contributed by atoms with Gasteiger partial charge in [-0.15, -0.1) is 11.3 Å². The third-order valence-corrected chi connectivity index (χ3v) is 4.22. The molecule has 3 aromatic rings. The highest BCUT2D eigenvalue weighted by molar-refractivity contribution is 7.18. The van der Waals surface area contributed by atoms with Gasteiger partial charge < -0.3 is 15.3 Å². The van der Waals surface area contributed by atoms with Gasteiger partial charge in [0.05, 0.1) is 10.4 Å². The minimum atomic E-state index is -1.13. The zero-order valence-corrected chi connectivity index (χ0v) is 12.0. The molecule has 0 unspecified atom stereocenters. The van der Waals surface area contributed by atoms with E-state index in [2.05, 4.69) is 4.98 Å². The Kier molecular flexibility index (Phi) is 3.52. The van der Waals surface area contributed by atoms with Crippen molar-refractivity contribution in [3.8, 4) is 32.5 Å². The van der Waals surface area contributed by atoms with E-state index in [9.17, 15) is 20.1 Å². The molecule has 3 rings (SSSR count). The van der Waals surface area contributed by atoms with E-state index in [4.69, 9.17) is 0 Å². The lowest BCUT2D eigenvalue weighted by atomic mass is 10.1. The number of rotatable bonds is 3. The highest BCUT2D eigenvalue weighted by atomic mass is 32.1. The molecule has 0 saturated heterocycles. The van der Waals surface area contributed by atoms with Crippen LogP contribution in [0.3, 0.4) is 0 Å². The molecular weight excluding hydrogens is 302 g/mol. The molecule has 2 aromatic carbocycles. The van der Waals surface area contributed by atoms with Crippen molar-refractivity contribution >= 4 is 17.3 Å². The van der Waals surface area contributed by atoms with Crippen molar-refractivity contribution in [1.29, 1.82) is 0 Å². The lowest BCUT2D eigenvalue weighted by Gasteiger charge is -2.00. The molecule has 6 heteroatoms. The van der Waals surface area contributed by atoms with Gasteiger partial charge >= 0.3 is 5.97 Å². The predicted molar refractivity (Wildman–Crippen MR) is 83.3 cm³/mol. The molecule has 0 spiro atoms. The number of benzene rings is 2. The second kappa shape index (κ2) is 5.50. The van der Waals surface area contributed by atoms with Gasteiger partial charge in [-0.1, -0.05) is 30.3 Å². The number of carbonyl (C=O) groups is 1. The molecule has 0 aliphatic carbocycles. The summed E-state index contributed by atoms with van der Waals surface area (Å²) in [5.41, 5.74) is 1.08. The van der Waals surface area contributed by atoms with E-state index >= 15 is 0 Å². The van der Waals surface area contributed by atoms with Crippen LogP contribution in [0.4, 0.5) is 0 Å². The normalized spacial score (nSPS) is 10.5. The fourth-order valence-corrected chi connectivity index (χ4v) is 3.16. The molecule has 0 radical (unpaired) electrons. The number of phenolic OH excluding ortho intramolecular Hbond substituents is 2. The fraction of sp³-hybridized carbons (Fsp3) is 0. The van der Waals surface area contributed by atoms with Crippen LogP contribution in [0.5, 0.6) is 11.5 Å². The minimum Gasteiger partial charge on any atom is -0.508 e. The number of hydrogen-bond donors (Lipinski definition) is 3. The van der Waals surface area contributed by atoms with E-state index in [1.54, 1.807) is 12.1 Å². The maximum absolute atomic E-state index is 11.4. The van der Waals surface area contributed by atoms with Crippen molar-refractivity contribution in [2.75, 3.05) is 0 Å². The molecule has 0 atom stereocenters. The molecule has 1 aromatic heterocycles. The summed E-state index contributed by atoms with van der Waals surface area (Å²) < 4.78 is 0. The molecule has 0 amide bonds. The maximum atomic E-state index is 11.4. The summed E-state index contributed by atoms with van der Waals surface area (Å²) >= 11 is 1.18. The summed E-state index contributed by atoms with van der Waals surface area (Å²) in [5, 5.41) is 29.0. The zero-order chi connectivity index (χ0) is 15.7. The topological polar surface area (TPSA) is 90.7 Å². The lowest BCUT2D eigenvalue weighted by Crippen LogP contribution is -1.98. The van der Waals surface area contributed by atoms with Gasteiger partial charge in [-0.2, -0.15) is 0 Å². The number of carboxylic acids is 1. The monoisotopic (exact) mass is 313 g/mol. The molecule has 5 nitrogen and oxygen atoms in total. The van der Waals surface area contributed by atoms with Crippen molar-refractivity contribution < 1.29 is 20.1 Å². The largest absolute Gasteiger partial charge is 0.508 e. The summed E-state index contributed by atoms with van der Waals surface area (Å²) in [4.78, 5) is 16.1. The Morgan fingerprint density at radius 2 is 1.77 bits per heavy atom. The first-order valence-electron chi connectivity index (χ1n) is 6.38. The Hall–Kier alpha value is -2.86. The SMILES string of the molecule is O=C(O)c1nc(-c2ccc(O)cc2O)sc1-c1ccccc1. The van der Waals surface area contributed by atoms with Crippen LogP contribution in [0, 0.1) is 0 Å². The number of aromatic carboxylic acids is 1. The summed E-state index contributed by atoms with van der Waals surface area (Å²) in [6.07, 6.45) is 0. The Morgan fingerprint density at radius 3 is 2.41 bits per heavy atom. The van der Waals surface area contributed by atoms with Gasteiger partial charge in [0.1, 0.15) is 16.5 Å². The molecule has 0 bridgehead atoms. The maximum Gasteiger partial charge on any atom is 0.356 e. The van der Waals surface area contributed by atoms with Crippen LogP contribution in [0.1, 0.15) is 10.5 Å². The number of carboxylic acid groups (broad SMARTS) is 1. The Morgan fingerprint density at radius 1 is 1.05 bits per heavy atom. The van der Waals surface area contributed by atoms with Gasteiger partial charge in [-0.05, 0) is 17.7 Å². The summed E-state index contributed by atoms with van der Waals surface area (Å²) in [5.74, 6) is -1.34. The molecular formula is C16H11NO4S. The number of aromatic hydroxyl groups is 2. The first-order chi connectivity index (χ1) is 10.6. The number of nitrogens with zero attached hydrogens (tertiary/aromatic N) is 1. The smallest absolute Gasteiger partial charge is 0.356 e. The second-order valence-corrected chi connectivity index (χ2v) is 5.57. The molecule has 0 aliphatic rings. The molecule has 22 heavy (non-hydrogen) atoms. The van der Waals surface area contributed by atoms with Crippen molar-refractivity contribution in [2.45, 2.75) is 0 Å². The van der Waals surface area contributed by atoms with Crippen LogP contribution in [-0.2, 0) is 0 Å². The first-order valence-corrected chi connectivity index (χ1v) is 7.20. The van der Waals surface area contributed by atoms with E-state index in [1.807, 2.05) is 18.2 Å². The third-order valence-electron chi connectivity index (χ3n) is 3.08. The molecule has 0 aliphatic heterocycles. The van der Waals surface area contributed by atoms with Gasteiger partial charge in [0.2, 0.25) is 0 Å². The van der Waals surface area contributed by atoms with Crippen LogP contribution < -0.4 is 0 Å². The van der Waals surface area contributed by atoms with Crippen LogP contribution in [0.2, 0.25) is 0 Å². The van der Waals surface area contributed by atoms with Gasteiger partial charge in [0.25, 0.3) is 0 Å². The molecule has 1 heterocycles. The second-order valence-electron chi connectivity index (χ2n) is 4.57. The Bertz CT molecular complexity index is 843. The minimum absolute atomic E-state index is 0.0568. The van der Waals surface area contributed by atoms with Gasteiger partial charge in [0, 0.05) is 6.07 Å². The number of hydrogen-bond acceptors (Lipinski definition) is 5. The molecule has 3 N–H and O–H groups in total. The van der Waals surface area contributed by atoms with E-state index in [1.165, 1.54) is 29.5 Å². The van der Waals surface area contributed by atoms with E-state index in [-0.39, 0.29) is 17.2 Å². The number of aromatic nitrogens is 1. The predicted octanol–water partition coefficient (Wildman–Crippen LogP) is 3.59. The van der Waals surface area contributed by atoms with Gasteiger partial charge in [0.15, 0.2) is 5.69 Å². The van der Waals surface area contributed by atoms with Crippen LogP contribution >= 0.6 is 11.3 Å². The number of thiazole rings is 1. The van der Waals surface area contributed by atoms with Crippen molar-refractivity contribution in [3.05, 3.63) is 54.2 Å². The van der Waals surface area contributed by atoms with Crippen LogP contribution in [-0.4, -0.2) is 26.3 Å². The number of phenols is 2. The van der Waals surface area contributed by atoms with Gasteiger partial charge in [-0.3, -0.25) is 0 Å². The average Bonchev–Trinajstić information content (AvgIpc) is 2.93. The highest BCUT2D eigenvalue weighted by Gasteiger charge is 2.20.